The second-order valence-electron chi connectivity index (χ2n) is 6.99. The van der Waals surface area contributed by atoms with Crippen molar-refractivity contribution in [3.05, 3.63) is 59.7 Å². The third-order valence-electron chi connectivity index (χ3n) is 5.05. The lowest BCUT2D eigenvalue weighted by Gasteiger charge is -2.34. The van der Waals surface area contributed by atoms with Crippen LogP contribution in [0.3, 0.4) is 0 Å². The Kier molecular flexibility index (Phi) is 7.51. The second kappa shape index (κ2) is 10.3. The lowest BCUT2D eigenvalue weighted by molar-refractivity contribution is 0.121. The molecule has 0 bridgehead atoms. The van der Waals surface area contributed by atoms with Gasteiger partial charge in [0.2, 0.25) is 0 Å². The summed E-state index contributed by atoms with van der Waals surface area (Å²) in [5, 5.41) is 0. The zero-order valence-corrected chi connectivity index (χ0v) is 16.3. The molecule has 1 heterocycles. The van der Waals surface area contributed by atoms with Crippen LogP contribution in [0, 0.1) is 0 Å². The smallest absolute Gasteiger partial charge is 0.161 e. The van der Waals surface area contributed by atoms with E-state index in [-0.39, 0.29) is 0 Å². The monoisotopic (exact) mass is 369 g/mol. The van der Waals surface area contributed by atoms with E-state index in [9.17, 15) is 0 Å². The molecule has 2 aromatic rings. The van der Waals surface area contributed by atoms with Gasteiger partial charge in [0.1, 0.15) is 0 Å². The number of hydrogen-bond acceptors (Lipinski definition) is 5. The summed E-state index contributed by atoms with van der Waals surface area (Å²) in [6, 6.07) is 16.6. The Morgan fingerprint density at radius 1 is 0.889 bits per heavy atom. The molecule has 146 valence electrons. The van der Waals surface area contributed by atoms with E-state index < -0.39 is 0 Å². The number of piperazine rings is 1. The summed E-state index contributed by atoms with van der Waals surface area (Å²) in [6.45, 7) is 7.82. The van der Waals surface area contributed by atoms with Crippen molar-refractivity contribution in [3.8, 4) is 11.5 Å². The van der Waals surface area contributed by atoms with E-state index in [0.717, 1.165) is 62.8 Å². The zero-order valence-electron chi connectivity index (χ0n) is 16.3. The maximum atomic E-state index is 5.94. The van der Waals surface area contributed by atoms with Gasteiger partial charge in [-0.05, 0) is 29.7 Å². The molecule has 3 rings (SSSR count). The summed E-state index contributed by atoms with van der Waals surface area (Å²) in [5.41, 5.74) is 8.17. The molecule has 0 saturated carbocycles. The predicted octanol–water partition coefficient (Wildman–Crippen LogP) is 2.74. The number of nitrogens with two attached hydrogens (primary N) is 1. The minimum atomic E-state index is 0.508. The first kappa shape index (κ1) is 19.7. The van der Waals surface area contributed by atoms with Crippen molar-refractivity contribution in [3.63, 3.8) is 0 Å². The number of rotatable bonds is 9. The van der Waals surface area contributed by atoms with E-state index in [1.165, 1.54) is 5.56 Å². The van der Waals surface area contributed by atoms with E-state index >= 15 is 0 Å². The highest BCUT2D eigenvalue weighted by atomic mass is 16.5. The van der Waals surface area contributed by atoms with Crippen LogP contribution in [-0.2, 0) is 13.1 Å². The first-order valence-electron chi connectivity index (χ1n) is 9.77. The van der Waals surface area contributed by atoms with Gasteiger partial charge in [-0.2, -0.15) is 0 Å². The molecule has 1 aliphatic rings. The molecule has 0 amide bonds. The van der Waals surface area contributed by atoms with Crippen molar-refractivity contribution in [2.45, 2.75) is 19.5 Å². The molecule has 1 fully saturated rings. The average molecular weight is 370 g/mol. The van der Waals surface area contributed by atoms with E-state index in [0.29, 0.717) is 13.2 Å². The van der Waals surface area contributed by atoms with E-state index in [1.54, 1.807) is 7.11 Å². The number of methoxy groups -OCH3 is 1. The van der Waals surface area contributed by atoms with Gasteiger partial charge < -0.3 is 20.1 Å². The maximum absolute atomic E-state index is 5.94. The lowest BCUT2D eigenvalue weighted by Crippen LogP contribution is -2.46. The molecule has 5 nitrogen and oxygen atoms in total. The molecule has 1 aliphatic heterocycles. The van der Waals surface area contributed by atoms with Crippen molar-refractivity contribution in [2.75, 3.05) is 46.4 Å². The van der Waals surface area contributed by atoms with Gasteiger partial charge in [-0.3, -0.25) is 4.90 Å². The van der Waals surface area contributed by atoms with Gasteiger partial charge in [0.15, 0.2) is 11.5 Å². The first-order valence-corrected chi connectivity index (χ1v) is 9.77. The molecule has 2 N–H and O–H groups in total. The minimum Gasteiger partial charge on any atom is -0.493 e. The third kappa shape index (κ3) is 5.96. The van der Waals surface area contributed by atoms with Gasteiger partial charge in [0, 0.05) is 45.8 Å². The molecule has 0 unspecified atom stereocenters. The van der Waals surface area contributed by atoms with E-state index in [2.05, 4.69) is 40.1 Å². The summed E-state index contributed by atoms with van der Waals surface area (Å²) < 4.78 is 11.3. The molecular weight excluding hydrogens is 338 g/mol. The van der Waals surface area contributed by atoms with Gasteiger partial charge in [-0.1, -0.05) is 36.4 Å². The van der Waals surface area contributed by atoms with Gasteiger partial charge in [0.05, 0.1) is 13.7 Å². The molecule has 5 heteroatoms. The SMILES string of the molecule is COc1ccc(CN)cc1OCCCN1CCN(Cc2ccccc2)CC1. The highest BCUT2D eigenvalue weighted by Crippen LogP contribution is 2.28. The van der Waals surface area contributed by atoms with E-state index in [4.69, 9.17) is 15.2 Å². The fourth-order valence-electron chi connectivity index (χ4n) is 3.44. The summed E-state index contributed by atoms with van der Waals surface area (Å²) in [5.74, 6) is 1.55. The molecule has 0 spiro atoms. The van der Waals surface area contributed by atoms with Crippen LogP contribution in [0.15, 0.2) is 48.5 Å². The average Bonchev–Trinajstić information content (AvgIpc) is 2.73. The molecule has 0 atom stereocenters. The quantitative estimate of drug-likeness (QED) is 0.689. The lowest BCUT2D eigenvalue weighted by atomic mass is 10.2. The van der Waals surface area contributed by atoms with Crippen molar-refractivity contribution < 1.29 is 9.47 Å². The second-order valence-corrected chi connectivity index (χ2v) is 6.99. The van der Waals surface area contributed by atoms with Crippen molar-refractivity contribution in [1.82, 2.24) is 9.80 Å². The van der Waals surface area contributed by atoms with Crippen molar-refractivity contribution in [1.29, 1.82) is 0 Å². The van der Waals surface area contributed by atoms with Gasteiger partial charge in [0.25, 0.3) is 0 Å². The highest BCUT2D eigenvalue weighted by Gasteiger charge is 2.16. The molecule has 0 radical (unpaired) electrons. The summed E-state index contributed by atoms with van der Waals surface area (Å²) in [4.78, 5) is 5.06. The van der Waals surface area contributed by atoms with Crippen LogP contribution in [0.25, 0.3) is 0 Å². The normalized spacial score (nSPS) is 15.6. The van der Waals surface area contributed by atoms with Crippen LogP contribution in [0.4, 0.5) is 0 Å². The number of hydrogen-bond donors (Lipinski definition) is 1. The Bertz CT molecular complexity index is 685. The van der Waals surface area contributed by atoms with Crippen LogP contribution < -0.4 is 15.2 Å². The summed E-state index contributed by atoms with van der Waals surface area (Å²) >= 11 is 0. The topological polar surface area (TPSA) is 51.0 Å². The third-order valence-corrected chi connectivity index (χ3v) is 5.05. The first-order chi connectivity index (χ1) is 13.3. The Morgan fingerprint density at radius 2 is 1.63 bits per heavy atom. The van der Waals surface area contributed by atoms with Crippen LogP contribution >= 0.6 is 0 Å². The summed E-state index contributed by atoms with van der Waals surface area (Å²) in [6.07, 6.45) is 1.01. The Labute approximate surface area is 162 Å². The van der Waals surface area contributed by atoms with Crippen LogP contribution in [0.1, 0.15) is 17.5 Å². The highest BCUT2D eigenvalue weighted by molar-refractivity contribution is 5.42. The fourth-order valence-corrected chi connectivity index (χ4v) is 3.44. The Morgan fingerprint density at radius 3 is 2.33 bits per heavy atom. The van der Waals surface area contributed by atoms with Crippen molar-refractivity contribution in [2.24, 2.45) is 5.73 Å². The van der Waals surface area contributed by atoms with Gasteiger partial charge >= 0.3 is 0 Å². The Hall–Kier alpha value is -2.08. The molecule has 0 aliphatic carbocycles. The molecular formula is C22H31N3O2. The summed E-state index contributed by atoms with van der Waals surface area (Å²) in [7, 11) is 1.67. The van der Waals surface area contributed by atoms with Crippen molar-refractivity contribution >= 4 is 0 Å². The van der Waals surface area contributed by atoms with Crippen LogP contribution in [-0.4, -0.2) is 56.2 Å². The number of nitrogens with zero attached hydrogens (tertiary/aromatic N) is 2. The minimum absolute atomic E-state index is 0.508. The zero-order chi connectivity index (χ0) is 18.9. The predicted molar refractivity (Wildman–Crippen MR) is 109 cm³/mol. The van der Waals surface area contributed by atoms with Crippen LogP contribution in [0.2, 0.25) is 0 Å². The molecule has 27 heavy (non-hydrogen) atoms. The van der Waals surface area contributed by atoms with Crippen LogP contribution in [0.5, 0.6) is 11.5 Å². The Balaban J connectivity index is 1.36. The molecule has 1 saturated heterocycles. The number of benzene rings is 2. The van der Waals surface area contributed by atoms with Gasteiger partial charge in [-0.15, -0.1) is 0 Å². The number of ether oxygens (including phenoxy) is 2. The standard InChI is InChI=1S/C22H31N3O2/c1-26-21-9-8-20(17-23)16-22(21)27-15-5-10-24-11-13-25(14-12-24)18-19-6-3-2-4-7-19/h2-4,6-9,16H,5,10-15,17-18,23H2,1H3. The van der Waals surface area contributed by atoms with E-state index in [1.807, 2.05) is 18.2 Å². The molecule has 0 aromatic heterocycles. The maximum Gasteiger partial charge on any atom is 0.161 e. The molecule has 2 aromatic carbocycles. The largest absolute Gasteiger partial charge is 0.493 e. The fraction of sp³-hybridized carbons (Fsp3) is 0.455. The van der Waals surface area contributed by atoms with Gasteiger partial charge in [-0.25, -0.2) is 0 Å².